The van der Waals surface area contributed by atoms with Gasteiger partial charge in [0.05, 0.1) is 11.7 Å². The van der Waals surface area contributed by atoms with Crippen LogP contribution in [-0.2, 0) is 6.54 Å². The highest BCUT2D eigenvalue weighted by Crippen LogP contribution is 2.32. The molecule has 1 fully saturated rings. The molecule has 0 saturated carbocycles. The molecule has 1 atom stereocenters. The molecule has 1 aliphatic rings. The Bertz CT molecular complexity index is 579. The molecule has 0 radical (unpaired) electrons. The van der Waals surface area contributed by atoms with Crippen molar-refractivity contribution in [1.82, 2.24) is 15.4 Å². The Morgan fingerprint density at radius 2 is 2.55 bits per heavy atom. The molecule has 20 heavy (non-hydrogen) atoms. The van der Waals surface area contributed by atoms with Gasteiger partial charge in [0.2, 0.25) is 0 Å². The van der Waals surface area contributed by atoms with Crippen molar-refractivity contribution >= 4 is 17.4 Å². The maximum Gasteiger partial charge on any atom is 0.318 e. The van der Waals surface area contributed by atoms with Gasteiger partial charge in [-0.3, -0.25) is 0 Å². The van der Waals surface area contributed by atoms with Gasteiger partial charge in [-0.15, -0.1) is 0 Å². The highest BCUT2D eigenvalue weighted by atomic mass is 32.1. The normalized spacial score (nSPS) is 18.4. The summed E-state index contributed by atoms with van der Waals surface area (Å²) in [5.74, 6) is 0.783. The van der Waals surface area contributed by atoms with Gasteiger partial charge in [0.1, 0.15) is 0 Å². The molecule has 1 saturated heterocycles. The Balaban J connectivity index is 1.64. The molecule has 0 aromatic carbocycles. The van der Waals surface area contributed by atoms with Gasteiger partial charge >= 0.3 is 6.03 Å². The number of amides is 2. The third-order valence-electron chi connectivity index (χ3n) is 3.51. The number of urea groups is 1. The molecule has 0 bridgehead atoms. The van der Waals surface area contributed by atoms with E-state index in [0.29, 0.717) is 6.54 Å². The molecule has 0 aliphatic carbocycles. The molecule has 1 unspecified atom stereocenters. The van der Waals surface area contributed by atoms with Crippen LogP contribution in [0.4, 0.5) is 4.79 Å². The summed E-state index contributed by atoms with van der Waals surface area (Å²) in [5.41, 5.74) is 1.99. The Kier molecular flexibility index (Phi) is 3.73. The molecule has 106 valence electrons. The van der Waals surface area contributed by atoms with Crippen LogP contribution in [0.15, 0.2) is 27.4 Å². The van der Waals surface area contributed by atoms with E-state index in [1.165, 1.54) is 0 Å². The van der Waals surface area contributed by atoms with Gasteiger partial charge in [0, 0.05) is 19.2 Å². The van der Waals surface area contributed by atoms with Crippen LogP contribution < -0.4 is 5.32 Å². The fourth-order valence-corrected chi connectivity index (χ4v) is 3.19. The number of rotatable bonds is 3. The lowest BCUT2D eigenvalue weighted by atomic mass is 10.1. The van der Waals surface area contributed by atoms with Crippen molar-refractivity contribution in [3.63, 3.8) is 0 Å². The van der Waals surface area contributed by atoms with Crippen LogP contribution in [0.2, 0.25) is 0 Å². The van der Waals surface area contributed by atoms with Crippen LogP contribution in [0.3, 0.4) is 0 Å². The minimum Gasteiger partial charge on any atom is -0.359 e. The van der Waals surface area contributed by atoms with E-state index < -0.39 is 0 Å². The molecule has 0 spiro atoms. The molecule has 3 heterocycles. The van der Waals surface area contributed by atoms with Gasteiger partial charge in [-0.05, 0) is 42.2 Å². The van der Waals surface area contributed by atoms with Crippen LogP contribution >= 0.6 is 11.3 Å². The van der Waals surface area contributed by atoms with E-state index in [2.05, 4.69) is 10.5 Å². The second-order valence-electron chi connectivity index (χ2n) is 5.01. The minimum atomic E-state index is -0.0345. The molecule has 2 aromatic rings. The summed E-state index contributed by atoms with van der Waals surface area (Å²) in [6.45, 7) is 3.23. The summed E-state index contributed by atoms with van der Waals surface area (Å²) in [5, 5.41) is 10.9. The van der Waals surface area contributed by atoms with E-state index >= 15 is 0 Å². The minimum absolute atomic E-state index is 0.0127. The Morgan fingerprint density at radius 3 is 3.25 bits per heavy atom. The first-order chi connectivity index (χ1) is 9.74. The lowest BCUT2D eigenvalue weighted by Gasteiger charge is -2.22. The first kappa shape index (κ1) is 13.2. The van der Waals surface area contributed by atoms with Crippen LogP contribution in [0.25, 0.3) is 0 Å². The molecular formula is C14H17N3O2S. The van der Waals surface area contributed by atoms with Gasteiger partial charge in [-0.2, -0.15) is 11.3 Å². The first-order valence-corrected chi connectivity index (χ1v) is 7.67. The highest BCUT2D eigenvalue weighted by molar-refractivity contribution is 7.07. The van der Waals surface area contributed by atoms with Crippen molar-refractivity contribution in [2.24, 2.45) is 0 Å². The summed E-state index contributed by atoms with van der Waals surface area (Å²) in [6, 6.07) is 3.91. The van der Waals surface area contributed by atoms with E-state index in [4.69, 9.17) is 4.52 Å². The van der Waals surface area contributed by atoms with Crippen molar-refractivity contribution in [2.45, 2.75) is 32.4 Å². The third kappa shape index (κ3) is 2.70. The lowest BCUT2D eigenvalue weighted by Crippen LogP contribution is -2.39. The monoisotopic (exact) mass is 291 g/mol. The zero-order valence-corrected chi connectivity index (χ0v) is 12.2. The number of hydrogen-bond acceptors (Lipinski definition) is 4. The second-order valence-corrected chi connectivity index (χ2v) is 5.79. The summed E-state index contributed by atoms with van der Waals surface area (Å²) >= 11 is 1.64. The standard InChI is InChI=1S/C14H17N3O2S/c1-10-7-13(19-16-10)12-3-2-5-17(12)14(18)15-8-11-4-6-20-9-11/h4,6-7,9,12H,2-3,5,8H2,1H3,(H,15,18). The molecule has 2 amide bonds. The van der Waals surface area contributed by atoms with Crippen molar-refractivity contribution in [2.75, 3.05) is 6.54 Å². The number of aromatic nitrogens is 1. The number of aryl methyl sites for hydroxylation is 1. The first-order valence-electron chi connectivity index (χ1n) is 6.73. The van der Waals surface area contributed by atoms with Gasteiger partial charge in [-0.1, -0.05) is 5.16 Å². The maximum atomic E-state index is 12.3. The molecule has 2 aromatic heterocycles. The van der Waals surface area contributed by atoms with Crippen LogP contribution in [0, 0.1) is 6.92 Å². The summed E-state index contributed by atoms with van der Waals surface area (Å²) in [6.07, 6.45) is 1.93. The topological polar surface area (TPSA) is 58.4 Å². The number of thiophene rings is 1. The molecule has 3 rings (SSSR count). The van der Waals surface area contributed by atoms with Crippen molar-refractivity contribution < 1.29 is 9.32 Å². The van der Waals surface area contributed by atoms with Crippen LogP contribution in [0.5, 0.6) is 0 Å². The fourth-order valence-electron chi connectivity index (χ4n) is 2.52. The predicted molar refractivity (Wildman–Crippen MR) is 76.5 cm³/mol. The number of carbonyl (C=O) groups is 1. The number of hydrogen-bond donors (Lipinski definition) is 1. The number of nitrogens with one attached hydrogen (secondary N) is 1. The van der Waals surface area contributed by atoms with Gasteiger partial charge < -0.3 is 14.7 Å². The fraction of sp³-hybridized carbons (Fsp3) is 0.429. The third-order valence-corrected chi connectivity index (χ3v) is 4.24. The number of nitrogens with zero attached hydrogens (tertiary/aromatic N) is 2. The Hall–Kier alpha value is -1.82. The SMILES string of the molecule is Cc1cc(C2CCCN2C(=O)NCc2ccsc2)on1. The Labute approximate surface area is 121 Å². The van der Waals surface area contributed by atoms with E-state index in [9.17, 15) is 4.79 Å². The second kappa shape index (κ2) is 5.66. The molecule has 1 aliphatic heterocycles. The molecule has 5 nitrogen and oxygen atoms in total. The lowest BCUT2D eigenvalue weighted by molar-refractivity contribution is 0.182. The van der Waals surface area contributed by atoms with E-state index in [1.807, 2.05) is 34.7 Å². The molecular weight excluding hydrogens is 274 g/mol. The summed E-state index contributed by atoms with van der Waals surface area (Å²) in [7, 11) is 0. The van der Waals surface area contributed by atoms with Crippen molar-refractivity contribution in [3.05, 3.63) is 39.9 Å². The number of carbonyl (C=O) groups excluding carboxylic acids is 1. The van der Waals surface area contributed by atoms with E-state index in [-0.39, 0.29) is 12.1 Å². The zero-order chi connectivity index (χ0) is 13.9. The average Bonchev–Trinajstić information content (AvgIpc) is 3.16. The van der Waals surface area contributed by atoms with Gasteiger partial charge in [0.15, 0.2) is 5.76 Å². The Morgan fingerprint density at radius 1 is 1.65 bits per heavy atom. The number of likely N-dealkylation sites (tertiary alicyclic amines) is 1. The van der Waals surface area contributed by atoms with Crippen LogP contribution in [-0.4, -0.2) is 22.6 Å². The smallest absolute Gasteiger partial charge is 0.318 e. The average molecular weight is 291 g/mol. The van der Waals surface area contributed by atoms with Crippen molar-refractivity contribution in [1.29, 1.82) is 0 Å². The van der Waals surface area contributed by atoms with E-state index in [0.717, 1.165) is 36.4 Å². The largest absolute Gasteiger partial charge is 0.359 e. The zero-order valence-electron chi connectivity index (χ0n) is 11.3. The molecule has 6 heteroatoms. The summed E-state index contributed by atoms with van der Waals surface area (Å²) in [4.78, 5) is 14.1. The summed E-state index contributed by atoms with van der Waals surface area (Å²) < 4.78 is 5.31. The molecule has 1 N–H and O–H groups in total. The van der Waals surface area contributed by atoms with Gasteiger partial charge in [0.25, 0.3) is 0 Å². The van der Waals surface area contributed by atoms with E-state index in [1.54, 1.807) is 11.3 Å². The van der Waals surface area contributed by atoms with Crippen LogP contribution in [0.1, 0.15) is 35.9 Å². The van der Waals surface area contributed by atoms with Gasteiger partial charge in [-0.25, -0.2) is 4.79 Å². The van der Waals surface area contributed by atoms with Crippen molar-refractivity contribution in [3.8, 4) is 0 Å². The maximum absolute atomic E-state index is 12.3. The quantitative estimate of drug-likeness (QED) is 0.945. The highest BCUT2D eigenvalue weighted by Gasteiger charge is 2.32. The predicted octanol–water partition coefficient (Wildman–Crippen LogP) is 3.09.